The molecular formula is C13H13ClO4. The first-order valence-electron chi connectivity index (χ1n) is 5.49. The van der Waals surface area contributed by atoms with E-state index >= 15 is 0 Å². The van der Waals surface area contributed by atoms with Gasteiger partial charge in [-0.3, -0.25) is 9.59 Å². The van der Waals surface area contributed by atoms with Crippen LogP contribution in [0.4, 0.5) is 0 Å². The Hall–Kier alpha value is -1.68. The van der Waals surface area contributed by atoms with Crippen molar-refractivity contribution in [3.05, 3.63) is 34.9 Å². The maximum atomic E-state index is 11.7. The molecule has 5 heteroatoms. The summed E-state index contributed by atoms with van der Waals surface area (Å²) in [4.78, 5) is 34.1. The molecule has 0 aliphatic heterocycles. The van der Waals surface area contributed by atoms with Crippen LogP contribution in [0.2, 0.25) is 0 Å². The van der Waals surface area contributed by atoms with Gasteiger partial charge in [0.05, 0.1) is 12.2 Å². The third-order valence-electron chi connectivity index (χ3n) is 2.32. The van der Waals surface area contributed by atoms with Crippen molar-refractivity contribution >= 4 is 29.6 Å². The van der Waals surface area contributed by atoms with Crippen molar-refractivity contribution in [2.24, 2.45) is 0 Å². The van der Waals surface area contributed by atoms with E-state index < -0.39 is 5.97 Å². The van der Waals surface area contributed by atoms with E-state index in [-0.39, 0.29) is 35.8 Å². The lowest BCUT2D eigenvalue weighted by Crippen LogP contribution is -2.10. The highest BCUT2D eigenvalue weighted by Gasteiger charge is 2.15. The lowest BCUT2D eigenvalue weighted by molar-refractivity contribution is 0.0524. The SMILES string of the molecule is CCOC(=O)c1cc(C(=O)CCCl)ccc1C=O. The molecule has 1 aromatic carbocycles. The molecule has 4 nitrogen and oxygen atoms in total. The summed E-state index contributed by atoms with van der Waals surface area (Å²) in [5, 5.41) is 0. The van der Waals surface area contributed by atoms with Gasteiger partial charge >= 0.3 is 5.97 Å². The Morgan fingerprint density at radius 2 is 2.11 bits per heavy atom. The van der Waals surface area contributed by atoms with Crippen LogP contribution in [-0.2, 0) is 4.74 Å². The van der Waals surface area contributed by atoms with Gasteiger partial charge in [-0.2, -0.15) is 0 Å². The van der Waals surface area contributed by atoms with Crippen molar-refractivity contribution in [1.82, 2.24) is 0 Å². The molecule has 0 amide bonds. The second-order valence-electron chi connectivity index (χ2n) is 3.50. The Morgan fingerprint density at radius 1 is 1.39 bits per heavy atom. The molecule has 0 saturated heterocycles. The van der Waals surface area contributed by atoms with Gasteiger partial charge in [0.25, 0.3) is 0 Å². The molecule has 0 N–H and O–H groups in total. The molecule has 0 radical (unpaired) electrons. The number of Topliss-reactive ketones (excluding diaryl/α,β-unsaturated/α-hetero) is 1. The van der Waals surface area contributed by atoms with Crippen LogP contribution in [0.25, 0.3) is 0 Å². The first-order chi connectivity index (χ1) is 8.63. The Morgan fingerprint density at radius 3 is 2.67 bits per heavy atom. The average molecular weight is 269 g/mol. The molecule has 0 unspecified atom stereocenters. The smallest absolute Gasteiger partial charge is 0.338 e. The Bertz CT molecular complexity index is 468. The second kappa shape index (κ2) is 6.91. The topological polar surface area (TPSA) is 60.4 Å². The molecule has 0 aliphatic carbocycles. The van der Waals surface area contributed by atoms with Crippen LogP contribution in [0.1, 0.15) is 44.4 Å². The minimum atomic E-state index is -0.611. The van der Waals surface area contributed by atoms with E-state index in [9.17, 15) is 14.4 Å². The molecule has 0 aromatic heterocycles. The largest absolute Gasteiger partial charge is 0.462 e. The first kappa shape index (κ1) is 14.4. The van der Waals surface area contributed by atoms with Gasteiger partial charge in [-0.1, -0.05) is 12.1 Å². The number of ether oxygens (including phenoxy) is 1. The molecule has 0 saturated carbocycles. The van der Waals surface area contributed by atoms with E-state index in [0.29, 0.717) is 11.8 Å². The summed E-state index contributed by atoms with van der Waals surface area (Å²) in [5.74, 6) is -0.573. The number of benzene rings is 1. The molecule has 0 heterocycles. The molecular weight excluding hydrogens is 256 g/mol. The predicted octanol–water partition coefficient (Wildman–Crippen LogP) is 2.49. The lowest BCUT2D eigenvalue weighted by atomic mass is 10.0. The molecule has 0 aliphatic rings. The summed E-state index contributed by atoms with van der Waals surface area (Å²) in [6.45, 7) is 1.87. The number of ketones is 1. The second-order valence-corrected chi connectivity index (χ2v) is 3.88. The standard InChI is InChI=1S/C13H13ClO4/c1-2-18-13(17)11-7-9(12(16)5-6-14)3-4-10(11)8-15/h3-4,7-8H,2,5-6H2,1H3. The molecule has 0 bridgehead atoms. The number of halogens is 1. The van der Waals surface area contributed by atoms with Gasteiger partial charge in [0, 0.05) is 23.4 Å². The number of alkyl halides is 1. The maximum Gasteiger partial charge on any atom is 0.338 e. The maximum absolute atomic E-state index is 11.7. The van der Waals surface area contributed by atoms with E-state index in [1.165, 1.54) is 18.2 Å². The highest BCUT2D eigenvalue weighted by molar-refractivity contribution is 6.19. The van der Waals surface area contributed by atoms with Crippen LogP contribution >= 0.6 is 11.6 Å². The highest BCUT2D eigenvalue weighted by atomic mass is 35.5. The summed E-state index contributed by atoms with van der Waals surface area (Å²) in [7, 11) is 0. The zero-order valence-electron chi connectivity index (χ0n) is 9.94. The normalized spacial score (nSPS) is 9.89. The van der Waals surface area contributed by atoms with Crippen molar-refractivity contribution in [3.8, 4) is 0 Å². The van der Waals surface area contributed by atoms with E-state index in [0.717, 1.165) is 0 Å². The van der Waals surface area contributed by atoms with Crippen LogP contribution in [0.3, 0.4) is 0 Å². The average Bonchev–Trinajstić information content (AvgIpc) is 2.38. The number of rotatable bonds is 6. The number of carbonyl (C=O) groups is 3. The summed E-state index contributed by atoms with van der Waals surface area (Å²) in [6, 6.07) is 4.30. The van der Waals surface area contributed by atoms with Crippen molar-refractivity contribution in [1.29, 1.82) is 0 Å². The summed E-state index contributed by atoms with van der Waals surface area (Å²) < 4.78 is 4.83. The fourth-order valence-electron chi connectivity index (χ4n) is 1.45. The first-order valence-corrected chi connectivity index (χ1v) is 6.03. The minimum absolute atomic E-state index is 0.104. The molecule has 0 atom stereocenters. The zero-order valence-corrected chi connectivity index (χ0v) is 10.7. The van der Waals surface area contributed by atoms with Gasteiger partial charge in [0.2, 0.25) is 0 Å². The van der Waals surface area contributed by atoms with Gasteiger partial charge in [0.1, 0.15) is 0 Å². The van der Waals surface area contributed by atoms with Crippen molar-refractivity contribution in [2.45, 2.75) is 13.3 Å². The van der Waals surface area contributed by atoms with Gasteiger partial charge in [-0.25, -0.2) is 4.79 Å². The molecule has 1 rings (SSSR count). The third-order valence-corrected chi connectivity index (χ3v) is 2.51. The molecule has 18 heavy (non-hydrogen) atoms. The van der Waals surface area contributed by atoms with E-state index in [1.54, 1.807) is 6.92 Å². The zero-order chi connectivity index (χ0) is 13.5. The minimum Gasteiger partial charge on any atom is -0.462 e. The van der Waals surface area contributed by atoms with Gasteiger partial charge in [-0.05, 0) is 13.0 Å². The molecule has 1 aromatic rings. The van der Waals surface area contributed by atoms with Crippen LogP contribution < -0.4 is 0 Å². The monoisotopic (exact) mass is 268 g/mol. The van der Waals surface area contributed by atoms with E-state index in [2.05, 4.69) is 0 Å². The molecule has 96 valence electrons. The van der Waals surface area contributed by atoms with Crippen LogP contribution in [0, 0.1) is 0 Å². The van der Waals surface area contributed by atoms with E-state index in [4.69, 9.17) is 16.3 Å². The predicted molar refractivity (Wildman–Crippen MR) is 67.5 cm³/mol. The summed E-state index contributed by atoms with van der Waals surface area (Å²) >= 11 is 5.49. The number of hydrogen-bond acceptors (Lipinski definition) is 4. The Kier molecular flexibility index (Phi) is 5.52. The number of hydrogen-bond donors (Lipinski definition) is 0. The van der Waals surface area contributed by atoms with Crippen molar-refractivity contribution in [2.75, 3.05) is 12.5 Å². The Balaban J connectivity index is 3.13. The fraction of sp³-hybridized carbons (Fsp3) is 0.308. The van der Waals surface area contributed by atoms with Crippen molar-refractivity contribution in [3.63, 3.8) is 0 Å². The Labute approximate surface area is 110 Å². The summed E-state index contributed by atoms with van der Waals surface area (Å²) in [5.41, 5.74) is 0.660. The molecule has 0 spiro atoms. The van der Waals surface area contributed by atoms with Gasteiger partial charge < -0.3 is 4.74 Å². The quantitative estimate of drug-likeness (QED) is 0.344. The van der Waals surface area contributed by atoms with Gasteiger partial charge in [-0.15, -0.1) is 11.6 Å². The van der Waals surface area contributed by atoms with Crippen LogP contribution in [-0.4, -0.2) is 30.5 Å². The van der Waals surface area contributed by atoms with E-state index in [1.807, 2.05) is 0 Å². The van der Waals surface area contributed by atoms with Crippen LogP contribution in [0.5, 0.6) is 0 Å². The number of aldehydes is 1. The van der Waals surface area contributed by atoms with Gasteiger partial charge in [0.15, 0.2) is 12.1 Å². The van der Waals surface area contributed by atoms with Crippen LogP contribution in [0.15, 0.2) is 18.2 Å². The highest BCUT2D eigenvalue weighted by Crippen LogP contribution is 2.14. The number of carbonyl (C=O) groups excluding carboxylic acids is 3. The number of esters is 1. The summed E-state index contributed by atoms with van der Waals surface area (Å²) in [6.07, 6.45) is 0.742. The fourth-order valence-corrected chi connectivity index (χ4v) is 1.62. The molecule has 0 fully saturated rings. The third kappa shape index (κ3) is 3.40. The van der Waals surface area contributed by atoms with Crippen molar-refractivity contribution < 1.29 is 19.1 Å². The lowest BCUT2D eigenvalue weighted by Gasteiger charge is -2.06.